The first-order valence-electron chi connectivity index (χ1n) is 21.8. The zero-order chi connectivity index (χ0) is 35.7. The monoisotopic (exact) mass is 733 g/mol. The van der Waals surface area contributed by atoms with Gasteiger partial charge in [0.15, 0.2) is 0 Å². The normalized spacial score (nSPS) is 13.0. The summed E-state index contributed by atoms with van der Waals surface area (Å²) in [4.78, 5) is 0. The highest BCUT2D eigenvalue weighted by atomic mass is 32.2. The molecule has 0 fully saturated rings. The van der Waals surface area contributed by atoms with Crippen molar-refractivity contribution in [3.8, 4) is 0 Å². The summed E-state index contributed by atoms with van der Waals surface area (Å²) in [7, 11) is 4.31. The predicted octanol–water partition coefficient (Wildman–Crippen LogP) is 13.1. The number of imidazole rings is 2. The van der Waals surface area contributed by atoms with Crippen LogP contribution < -0.4 is 9.13 Å². The summed E-state index contributed by atoms with van der Waals surface area (Å²) >= 11 is 4.39. The number of hydrogen-bond donors (Lipinski definition) is 0. The van der Waals surface area contributed by atoms with Gasteiger partial charge in [-0.1, -0.05) is 155 Å². The van der Waals surface area contributed by atoms with Crippen LogP contribution in [0.4, 0.5) is 0 Å². The Kier molecular flexibility index (Phi) is 29.7. The molecule has 2 aromatic rings. The van der Waals surface area contributed by atoms with Crippen molar-refractivity contribution in [1.82, 2.24) is 9.13 Å². The number of thioether (sulfide) groups is 2. The highest BCUT2D eigenvalue weighted by Gasteiger charge is 2.18. The number of aromatic nitrogens is 4. The van der Waals surface area contributed by atoms with E-state index < -0.39 is 0 Å². The maximum absolute atomic E-state index is 2.49. The Hall–Kier alpha value is -0.880. The first-order valence-corrected chi connectivity index (χ1v) is 24.2. The van der Waals surface area contributed by atoms with Crippen molar-refractivity contribution in [2.24, 2.45) is 14.1 Å². The van der Waals surface area contributed by atoms with Crippen LogP contribution in [0.1, 0.15) is 206 Å². The van der Waals surface area contributed by atoms with Crippen LogP contribution in [0.3, 0.4) is 0 Å². The Bertz CT molecular complexity index is 910. The first-order chi connectivity index (χ1) is 24.6. The van der Waals surface area contributed by atoms with Crippen molar-refractivity contribution in [3.05, 3.63) is 37.4 Å². The molecular weight excluding hydrogens is 649 g/mol. The topological polar surface area (TPSA) is 17.6 Å². The van der Waals surface area contributed by atoms with Crippen molar-refractivity contribution in [2.45, 2.75) is 206 Å². The molecule has 0 amide bonds. The van der Waals surface area contributed by atoms with E-state index in [1.165, 1.54) is 203 Å². The lowest BCUT2D eigenvalue weighted by atomic mass is 10.0. The average molecular weight is 733 g/mol. The van der Waals surface area contributed by atoms with E-state index in [2.05, 4.69) is 107 Å². The van der Waals surface area contributed by atoms with Gasteiger partial charge in [-0.25, -0.2) is 18.3 Å². The molecule has 0 aliphatic heterocycles. The highest BCUT2D eigenvalue weighted by molar-refractivity contribution is 7.99. The lowest BCUT2D eigenvalue weighted by Gasteiger charge is -2.14. The van der Waals surface area contributed by atoms with Gasteiger partial charge in [0.2, 0.25) is 12.7 Å². The molecule has 0 spiro atoms. The molecule has 2 rings (SSSR count). The number of aryl methyl sites for hydroxylation is 2. The summed E-state index contributed by atoms with van der Waals surface area (Å²) in [5, 5.41) is 0. The Labute approximate surface area is 320 Å². The zero-order valence-electron chi connectivity index (χ0n) is 33.9. The van der Waals surface area contributed by atoms with Crippen LogP contribution >= 0.6 is 23.5 Å². The molecule has 0 aliphatic rings. The zero-order valence-corrected chi connectivity index (χ0v) is 35.5. The van der Waals surface area contributed by atoms with Crippen molar-refractivity contribution in [2.75, 3.05) is 23.0 Å². The third kappa shape index (κ3) is 24.4. The van der Waals surface area contributed by atoms with Crippen LogP contribution in [0.25, 0.3) is 0 Å². The maximum atomic E-state index is 2.49. The van der Waals surface area contributed by atoms with Gasteiger partial charge in [-0.15, -0.1) is 0 Å². The Morgan fingerprint density at radius 2 is 0.720 bits per heavy atom. The quantitative estimate of drug-likeness (QED) is 0.0508. The lowest BCUT2D eigenvalue weighted by Crippen LogP contribution is -2.24. The van der Waals surface area contributed by atoms with E-state index in [4.69, 9.17) is 0 Å². The highest BCUT2D eigenvalue weighted by Crippen LogP contribution is 2.25. The largest absolute Gasteiger partial charge is 0.243 e. The van der Waals surface area contributed by atoms with Crippen molar-refractivity contribution in [1.29, 1.82) is 0 Å². The number of nitrogens with zero attached hydrogens (tertiary/aromatic N) is 4. The van der Waals surface area contributed by atoms with E-state index in [0.717, 1.165) is 0 Å². The molecule has 4 nitrogen and oxygen atoms in total. The van der Waals surface area contributed by atoms with E-state index in [0.29, 0.717) is 12.1 Å². The van der Waals surface area contributed by atoms with Gasteiger partial charge in [0.05, 0.1) is 14.1 Å². The van der Waals surface area contributed by atoms with Crippen LogP contribution in [0.5, 0.6) is 0 Å². The second-order valence-electron chi connectivity index (χ2n) is 15.6. The minimum atomic E-state index is 0.641. The van der Waals surface area contributed by atoms with Gasteiger partial charge in [0, 0.05) is 11.5 Å². The Morgan fingerprint density at radius 1 is 0.420 bits per heavy atom. The smallest absolute Gasteiger partial charge is 0.240 e. The van der Waals surface area contributed by atoms with E-state index in [9.17, 15) is 0 Å². The van der Waals surface area contributed by atoms with Crippen LogP contribution in [0.15, 0.2) is 37.4 Å². The number of hydrogen-bond acceptors (Lipinski definition) is 2. The summed E-state index contributed by atoms with van der Waals surface area (Å²) in [5.74, 6) is 5.12. The summed E-state index contributed by atoms with van der Waals surface area (Å²) < 4.78 is 9.38. The molecule has 0 aromatic carbocycles. The second-order valence-corrected chi connectivity index (χ2v) is 17.9. The molecule has 2 heterocycles. The van der Waals surface area contributed by atoms with Gasteiger partial charge in [-0.2, -0.15) is 23.5 Å². The molecule has 2 aromatic heterocycles. The predicted molar refractivity (Wildman–Crippen MR) is 225 cm³/mol. The van der Waals surface area contributed by atoms with Crippen LogP contribution in [0.2, 0.25) is 0 Å². The number of rotatable bonds is 37. The van der Waals surface area contributed by atoms with Gasteiger partial charge in [0.25, 0.3) is 0 Å². The van der Waals surface area contributed by atoms with E-state index in [1.807, 2.05) is 0 Å². The summed E-state index contributed by atoms with van der Waals surface area (Å²) in [6, 6.07) is 1.28. The molecule has 0 radical (unpaired) electrons. The average Bonchev–Trinajstić information content (AvgIpc) is 3.76. The maximum Gasteiger partial charge on any atom is 0.243 e. The molecule has 6 heteroatoms. The number of unbranched alkanes of at least 4 members (excludes halogenated alkanes) is 23. The molecule has 0 bridgehead atoms. The SMILES string of the molecule is CCCCCCCCCCCCCCC(CSCCCCSCC(CCCCCCCCCCCCCC)n1cc[n+](C)c1)n1cc[n+](C)c1. The van der Waals surface area contributed by atoms with Crippen LogP contribution in [0, 0.1) is 0 Å². The van der Waals surface area contributed by atoms with Crippen molar-refractivity contribution in [3.63, 3.8) is 0 Å². The molecule has 0 N–H and O–H groups in total. The van der Waals surface area contributed by atoms with Crippen LogP contribution in [-0.2, 0) is 14.1 Å². The van der Waals surface area contributed by atoms with Gasteiger partial charge < -0.3 is 0 Å². The summed E-state index contributed by atoms with van der Waals surface area (Å²) in [6.07, 6.45) is 53.2. The molecule has 50 heavy (non-hydrogen) atoms. The third-order valence-corrected chi connectivity index (χ3v) is 13.0. The minimum absolute atomic E-state index is 0.641. The van der Waals surface area contributed by atoms with Crippen molar-refractivity contribution < 1.29 is 9.13 Å². The molecular formula is C44H84N4S2+2. The fourth-order valence-electron chi connectivity index (χ4n) is 7.30. The summed E-state index contributed by atoms with van der Waals surface area (Å²) in [5.41, 5.74) is 0. The Morgan fingerprint density at radius 3 is 1.00 bits per heavy atom. The Balaban J connectivity index is 1.53. The lowest BCUT2D eigenvalue weighted by molar-refractivity contribution is -0.671. The van der Waals surface area contributed by atoms with Crippen LogP contribution in [-0.4, -0.2) is 32.1 Å². The van der Waals surface area contributed by atoms with E-state index in [1.54, 1.807) is 0 Å². The first kappa shape index (κ1) is 45.3. The van der Waals surface area contributed by atoms with E-state index in [-0.39, 0.29) is 0 Å². The van der Waals surface area contributed by atoms with E-state index >= 15 is 0 Å². The fraction of sp³-hybridized carbons (Fsp3) is 0.864. The molecule has 0 aliphatic carbocycles. The van der Waals surface area contributed by atoms with Gasteiger partial charge in [0.1, 0.15) is 36.9 Å². The van der Waals surface area contributed by atoms with Gasteiger partial charge >= 0.3 is 0 Å². The molecule has 0 saturated carbocycles. The fourth-order valence-corrected chi connectivity index (χ4v) is 9.67. The summed E-state index contributed by atoms with van der Waals surface area (Å²) in [6.45, 7) is 4.62. The molecule has 0 saturated heterocycles. The molecule has 2 unspecified atom stereocenters. The standard InChI is InChI=1S/C44H84N4S2/c1-5-7-9-11-13-15-17-19-21-23-25-27-31-43(47-35-33-45(3)41-47)39-49-37-29-30-38-50-40-44(48-36-34-46(4)42-48)32-28-26-24-22-20-18-16-14-12-10-8-6-2/h33-36,41-44H,5-32,37-40H2,1-4H3/q+2. The van der Waals surface area contributed by atoms with Gasteiger partial charge in [-0.05, 0) is 50.0 Å². The third-order valence-electron chi connectivity index (χ3n) is 10.7. The van der Waals surface area contributed by atoms with Crippen molar-refractivity contribution >= 4 is 23.5 Å². The molecule has 290 valence electrons. The second kappa shape index (κ2) is 32.7. The minimum Gasteiger partial charge on any atom is -0.240 e. The molecule has 2 atom stereocenters. The van der Waals surface area contributed by atoms with Gasteiger partial charge in [-0.3, -0.25) is 0 Å².